The minimum atomic E-state index is -1.06. The van der Waals surface area contributed by atoms with Crippen molar-refractivity contribution in [1.29, 1.82) is 0 Å². The maximum Gasteiger partial charge on any atom is 0.355 e. The van der Waals surface area contributed by atoms with Crippen molar-refractivity contribution in [3.8, 4) is 16.3 Å². The van der Waals surface area contributed by atoms with Crippen LogP contribution in [0.4, 0.5) is 11.5 Å². The summed E-state index contributed by atoms with van der Waals surface area (Å²) in [7, 11) is 1.21. The SMILES string of the molecule is COC(=O)c1ccc(OCCCCCNc2cc(-c3nc(C(=O)O)cs3)ccn2)c([N+](=O)[O-])c1. The van der Waals surface area contributed by atoms with Gasteiger partial charge in [0, 0.05) is 29.8 Å². The van der Waals surface area contributed by atoms with Crippen molar-refractivity contribution in [2.75, 3.05) is 25.6 Å². The maximum atomic E-state index is 11.6. The van der Waals surface area contributed by atoms with Gasteiger partial charge in [0.15, 0.2) is 11.4 Å². The van der Waals surface area contributed by atoms with E-state index in [1.54, 1.807) is 12.3 Å². The van der Waals surface area contributed by atoms with Gasteiger partial charge in [0.25, 0.3) is 0 Å². The Morgan fingerprint density at radius 1 is 1.21 bits per heavy atom. The Morgan fingerprint density at radius 3 is 2.74 bits per heavy atom. The molecule has 0 aliphatic rings. The fourth-order valence-corrected chi connectivity index (χ4v) is 3.79. The second-order valence-electron chi connectivity index (χ2n) is 7.04. The van der Waals surface area contributed by atoms with E-state index in [1.807, 2.05) is 6.07 Å². The van der Waals surface area contributed by atoms with Gasteiger partial charge in [0.2, 0.25) is 0 Å². The van der Waals surface area contributed by atoms with Crippen molar-refractivity contribution in [3.63, 3.8) is 0 Å². The molecule has 11 nitrogen and oxygen atoms in total. The number of anilines is 1. The second-order valence-corrected chi connectivity index (χ2v) is 7.90. The first-order valence-electron chi connectivity index (χ1n) is 10.3. The normalized spacial score (nSPS) is 10.5. The lowest BCUT2D eigenvalue weighted by atomic mass is 10.2. The van der Waals surface area contributed by atoms with E-state index in [4.69, 9.17) is 9.84 Å². The highest BCUT2D eigenvalue weighted by Gasteiger charge is 2.19. The van der Waals surface area contributed by atoms with Gasteiger partial charge in [-0.15, -0.1) is 11.3 Å². The number of nitrogens with zero attached hydrogens (tertiary/aromatic N) is 3. The number of hydrogen-bond donors (Lipinski definition) is 2. The number of rotatable bonds is 12. The molecule has 0 unspecified atom stereocenters. The average Bonchev–Trinajstić information content (AvgIpc) is 3.34. The van der Waals surface area contributed by atoms with Crippen LogP contribution in [-0.4, -0.2) is 52.2 Å². The zero-order chi connectivity index (χ0) is 24.5. The van der Waals surface area contributed by atoms with Crippen molar-refractivity contribution >= 4 is 34.8 Å². The standard InChI is InChI=1S/C22H22N4O7S/c1-32-22(29)15-5-6-18(17(11-15)26(30)31)33-10-4-2-3-8-23-19-12-14(7-9-24-19)20-25-16(13-34-20)21(27)28/h5-7,9,11-13H,2-4,8,10H2,1H3,(H,23,24)(H,27,28). The summed E-state index contributed by atoms with van der Waals surface area (Å²) >= 11 is 1.25. The number of ether oxygens (including phenoxy) is 2. The molecule has 178 valence electrons. The van der Waals surface area contributed by atoms with Gasteiger partial charge in [-0.2, -0.15) is 0 Å². The van der Waals surface area contributed by atoms with Crippen molar-refractivity contribution < 1.29 is 29.1 Å². The summed E-state index contributed by atoms with van der Waals surface area (Å²) < 4.78 is 10.1. The number of benzene rings is 1. The van der Waals surface area contributed by atoms with E-state index >= 15 is 0 Å². The number of carbonyl (C=O) groups is 2. The number of carboxylic acids is 1. The zero-order valence-corrected chi connectivity index (χ0v) is 19.0. The number of thiazole rings is 1. The molecule has 34 heavy (non-hydrogen) atoms. The summed E-state index contributed by atoms with van der Waals surface area (Å²) in [4.78, 5) is 41.6. The molecule has 0 aliphatic heterocycles. The third-order valence-electron chi connectivity index (χ3n) is 4.69. The van der Waals surface area contributed by atoms with Gasteiger partial charge in [0.05, 0.1) is 24.2 Å². The molecule has 0 saturated carbocycles. The molecule has 2 aromatic heterocycles. The van der Waals surface area contributed by atoms with E-state index in [0.717, 1.165) is 24.5 Å². The number of aromatic nitrogens is 2. The van der Waals surface area contributed by atoms with Crippen LogP contribution in [0.2, 0.25) is 0 Å². The fourth-order valence-electron chi connectivity index (χ4n) is 2.99. The minimum absolute atomic E-state index is 0.0123. The van der Waals surface area contributed by atoms with Crippen molar-refractivity contribution in [1.82, 2.24) is 9.97 Å². The lowest BCUT2D eigenvalue weighted by Gasteiger charge is -2.09. The minimum Gasteiger partial charge on any atom is -0.487 e. The van der Waals surface area contributed by atoms with Crippen molar-refractivity contribution in [2.24, 2.45) is 0 Å². The molecule has 2 heterocycles. The summed E-state index contributed by atoms with van der Waals surface area (Å²) in [6.45, 7) is 0.949. The fraction of sp³-hybridized carbons (Fsp3) is 0.273. The quantitative estimate of drug-likeness (QED) is 0.164. The number of hydrogen-bond acceptors (Lipinski definition) is 10. The first kappa shape index (κ1) is 24.6. The zero-order valence-electron chi connectivity index (χ0n) is 18.2. The number of esters is 1. The van der Waals surface area contributed by atoms with Crippen molar-refractivity contribution in [2.45, 2.75) is 19.3 Å². The smallest absolute Gasteiger partial charge is 0.355 e. The Kier molecular flexibility index (Phi) is 8.46. The molecule has 0 fully saturated rings. The predicted molar refractivity (Wildman–Crippen MR) is 125 cm³/mol. The lowest BCUT2D eigenvalue weighted by Crippen LogP contribution is -2.06. The number of pyridine rings is 1. The molecule has 0 aliphatic carbocycles. The van der Waals surface area contributed by atoms with Gasteiger partial charge in [-0.3, -0.25) is 10.1 Å². The monoisotopic (exact) mass is 486 g/mol. The van der Waals surface area contributed by atoms with Gasteiger partial charge in [0.1, 0.15) is 10.8 Å². The van der Waals surface area contributed by atoms with Crippen LogP contribution in [0.5, 0.6) is 5.75 Å². The van der Waals surface area contributed by atoms with Crippen LogP contribution in [0.3, 0.4) is 0 Å². The van der Waals surface area contributed by atoms with Gasteiger partial charge in [-0.05, 0) is 43.5 Å². The van der Waals surface area contributed by atoms with Gasteiger partial charge >= 0.3 is 17.6 Å². The lowest BCUT2D eigenvalue weighted by molar-refractivity contribution is -0.385. The highest BCUT2D eigenvalue weighted by atomic mass is 32.1. The van der Waals surface area contributed by atoms with E-state index in [2.05, 4.69) is 20.0 Å². The summed E-state index contributed by atoms with van der Waals surface area (Å²) in [5.41, 5.74) is 0.593. The Balaban J connectivity index is 1.43. The molecule has 0 amide bonds. The molecule has 3 aromatic rings. The van der Waals surface area contributed by atoms with Crippen molar-refractivity contribution in [3.05, 3.63) is 63.3 Å². The van der Waals surface area contributed by atoms with E-state index < -0.39 is 16.9 Å². The van der Waals surface area contributed by atoms with E-state index in [1.165, 1.54) is 36.0 Å². The van der Waals surface area contributed by atoms with Gasteiger partial charge < -0.3 is 19.9 Å². The molecule has 0 saturated heterocycles. The molecule has 0 radical (unpaired) electrons. The molecule has 3 rings (SSSR count). The molecule has 0 bridgehead atoms. The molecule has 12 heteroatoms. The second kappa shape index (κ2) is 11.7. The highest BCUT2D eigenvalue weighted by molar-refractivity contribution is 7.13. The van der Waals surface area contributed by atoms with Gasteiger partial charge in [-0.25, -0.2) is 19.6 Å². The molecule has 2 N–H and O–H groups in total. The van der Waals surface area contributed by atoms with Crippen LogP contribution in [0.25, 0.3) is 10.6 Å². The Hall–Kier alpha value is -4.06. The Bertz CT molecular complexity index is 1180. The summed E-state index contributed by atoms with van der Waals surface area (Å²) in [6.07, 6.45) is 3.95. The number of aromatic carboxylic acids is 1. The predicted octanol–water partition coefficient (Wildman–Crippen LogP) is 4.26. The average molecular weight is 487 g/mol. The van der Waals surface area contributed by atoms with Crippen LogP contribution < -0.4 is 10.1 Å². The number of unbranched alkanes of at least 4 members (excludes halogenated alkanes) is 2. The number of nitro benzene ring substituents is 1. The molecular weight excluding hydrogens is 464 g/mol. The first-order chi connectivity index (χ1) is 16.4. The molecular formula is C22H22N4O7S. The van der Waals surface area contributed by atoms with E-state index in [-0.39, 0.29) is 22.7 Å². The Morgan fingerprint density at radius 2 is 2.03 bits per heavy atom. The summed E-state index contributed by atoms with van der Waals surface area (Å²) in [5, 5.41) is 25.6. The highest BCUT2D eigenvalue weighted by Crippen LogP contribution is 2.28. The maximum absolute atomic E-state index is 11.6. The van der Waals surface area contributed by atoms with Gasteiger partial charge in [-0.1, -0.05) is 0 Å². The summed E-state index contributed by atoms with van der Waals surface area (Å²) in [5.74, 6) is -0.960. The number of nitrogens with one attached hydrogen (secondary N) is 1. The third kappa shape index (κ3) is 6.48. The number of nitro groups is 1. The van der Waals surface area contributed by atoms with Crippen LogP contribution in [0, 0.1) is 10.1 Å². The molecule has 0 spiro atoms. The van der Waals surface area contributed by atoms with Crippen LogP contribution in [0.15, 0.2) is 41.9 Å². The third-order valence-corrected chi connectivity index (χ3v) is 5.58. The van der Waals surface area contributed by atoms with Crippen LogP contribution in [-0.2, 0) is 4.74 Å². The van der Waals surface area contributed by atoms with E-state index in [9.17, 15) is 19.7 Å². The first-order valence-corrected chi connectivity index (χ1v) is 11.2. The molecule has 0 atom stereocenters. The largest absolute Gasteiger partial charge is 0.487 e. The Labute approximate surface area is 198 Å². The van der Waals surface area contributed by atoms with E-state index in [0.29, 0.717) is 30.4 Å². The number of carboxylic acid groups (broad SMARTS) is 1. The number of methoxy groups -OCH3 is 1. The summed E-state index contributed by atoms with van der Waals surface area (Å²) in [6, 6.07) is 7.54. The number of carbonyl (C=O) groups excluding carboxylic acids is 1. The molecule has 1 aromatic carbocycles. The van der Waals surface area contributed by atoms with Crippen LogP contribution in [0.1, 0.15) is 40.1 Å². The topological polar surface area (TPSA) is 154 Å². The van der Waals surface area contributed by atoms with Crippen LogP contribution >= 0.6 is 11.3 Å².